The Hall–Kier alpha value is -1.95. The minimum atomic E-state index is 0.718. The third-order valence-corrected chi connectivity index (χ3v) is 2.65. The first-order chi connectivity index (χ1) is 8.66. The molecule has 18 heavy (non-hydrogen) atoms. The first-order valence-electron chi connectivity index (χ1n) is 5.93. The van der Waals surface area contributed by atoms with Crippen LogP contribution in [0.4, 0.5) is 5.69 Å². The Morgan fingerprint density at radius 2 is 2.17 bits per heavy atom. The molecule has 0 saturated carbocycles. The van der Waals surface area contributed by atoms with E-state index in [2.05, 4.69) is 34.5 Å². The van der Waals surface area contributed by atoms with Crippen molar-refractivity contribution in [3.63, 3.8) is 0 Å². The summed E-state index contributed by atoms with van der Waals surface area (Å²) < 4.78 is 1.82. The van der Waals surface area contributed by atoms with E-state index in [1.54, 1.807) is 0 Å². The topological polar surface area (TPSA) is 72.9 Å². The summed E-state index contributed by atoms with van der Waals surface area (Å²) in [6.07, 6.45) is 1.01. The number of nitrogen functional groups attached to an aromatic ring is 1. The van der Waals surface area contributed by atoms with Gasteiger partial charge < -0.3 is 10.6 Å². The summed E-state index contributed by atoms with van der Waals surface area (Å²) >= 11 is 0. The van der Waals surface area contributed by atoms with Crippen molar-refractivity contribution in [3.8, 4) is 11.4 Å². The normalized spacial score (nSPS) is 11.1. The van der Waals surface area contributed by atoms with E-state index in [9.17, 15) is 0 Å². The maximum absolute atomic E-state index is 5.77. The largest absolute Gasteiger partial charge is 0.399 e. The highest BCUT2D eigenvalue weighted by molar-refractivity contribution is 5.60. The molecular weight excluding hydrogens is 228 g/mol. The van der Waals surface area contributed by atoms with Gasteiger partial charge in [0, 0.05) is 17.8 Å². The monoisotopic (exact) mass is 246 g/mol. The van der Waals surface area contributed by atoms with Gasteiger partial charge in [-0.3, -0.25) is 0 Å². The van der Waals surface area contributed by atoms with Crippen LogP contribution in [0.5, 0.6) is 0 Å². The fourth-order valence-corrected chi connectivity index (χ4v) is 1.78. The molecule has 0 aliphatic carbocycles. The lowest BCUT2D eigenvalue weighted by molar-refractivity contribution is 0.379. The van der Waals surface area contributed by atoms with Gasteiger partial charge in [0.05, 0.1) is 0 Å². The number of benzene rings is 1. The first kappa shape index (κ1) is 12.5. The van der Waals surface area contributed by atoms with Crippen molar-refractivity contribution >= 4 is 5.69 Å². The number of rotatable bonds is 5. The van der Waals surface area contributed by atoms with Crippen molar-refractivity contribution in [1.82, 2.24) is 25.1 Å². The molecule has 0 saturated heterocycles. The molecule has 0 unspecified atom stereocenters. The van der Waals surface area contributed by atoms with Crippen LogP contribution in [0.15, 0.2) is 24.3 Å². The summed E-state index contributed by atoms with van der Waals surface area (Å²) in [4.78, 5) is 2.14. The molecule has 0 bridgehead atoms. The van der Waals surface area contributed by atoms with Gasteiger partial charge in [0.1, 0.15) is 0 Å². The molecule has 0 fully saturated rings. The van der Waals surface area contributed by atoms with Crippen molar-refractivity contribution in [3.05, 3.63) is 24.3 Å². The molecule has 6 nitrogen and oxygen atoms in total. The second-order valence-electron chi connectivity index (χ2n) is 4.51. The minimum absolute atomic E-state index is 0.718. The van der Waals surface area contributed by atoms with Crippen LogP contribution >= 0.6 is 0 Å². The van der Waals surface area contributed by atoms with Gasteiger partial charge in [-0.05, 0) is 49.6 Å². The van der Waals surface area contributed by atoms with Crippen LogP contribution in [0.25, 0.3) is 11.4 Å². The van der Waals surface area contributed by atoms with E-state index >= 15 is 0 Å². The van der Waals surface area contributed by atoms with E-state index in [0.29, 0.717) is 0 Å². The molecule has 1 aromatic heterocycles. The highest BCUT2D eigenvalue weighted by atomic mass is 15.5. The zero-order chi connectivity index (χ0) is 13.0. The second kappa shape index (κ2) is 5.59. The summed E-state index contributed by atoms with van der Waals surface area (Å²) in [5.41, 5.74) is 7.44. The summed E-state index contributed by atoms with van der Waals surface area (Å²) in [6.45, 7) is 1.81. The number of nitrogens with two attached hydrogens (primary N) is 1. The highest BCUT2D eigenvalue weighted by Gasteiger charge is 2.08. The van der Waals surface area contributed by atoms with Crippen LogP contribution in [0.3, 0.4) is 0 Å². The molecule has 2 rings (SSSR count). The average molecular weight is 246 g/mol. The molecule has 0 aliphatic rings. The first-order valence-corrected chi connectivity index (χ1v) is 5.93. The highest BCUT2D eigenvalue weighted by Crippen LogP contribution is 2.18. The van der Waals surface area contributed by atoms with E-state index in [0.717, 1.165) is 36.6 Å². The number of aryl methyl sites for hydroxylation is 1. The van der Waals surface area contributed by atoms with Gasteiger partial charge in [-0.2, -0.15) is 0 Å². The lowest BCUT2D eigenvalue weighted by Gasteiger charge is -2.09. The van der Waals surface area contributed by atoms with Gasteiger partial charge >= 0.3 is 0 Å². The number of tetrazole rings is 1. The van der Waals surface area contributed by atoms with Crippen molar-refractivity contribution in [2.45, 2.75) is 13.0 Å². The minimum Gasteiger partial charge on any atom is -0.399 e. The number of aromatic nitrogens is 4. The van der Waals surface area contributed by atoms with Crippen LogP contribution in [0.1, 0.15) is 6.42 Å². The van der Waals surface area contributed by atoms with Crippen LogP contribution in [-0.4, -0.2) is 45.7 Å². The van der Waals surface area contributed by atoms with Gasteiger partial charge in [-0.1, -0.05) is 12.1 Å². The Labute approximate surface area is 106 Å². The third-order valence-electron chi connectivity index (χ3n) is 2.65. The fourth-order valence-electron chi connectivity index (χ4n) is 1.78. The molecule has 0 spiro atoms. The molecule has 1 aromatic carbocycles. The summed E-state index contributed by atoms with van der Waals surface area (Å²) in [6, 6.07) is 7.60. The van der Waals surface area contributed by atoms with Crippen LogP contribution < -0.4 is 5.73 Å². The second-order valence-corrected chi connectivity index (χ2v) is 4.51. The van der Waals surface area contributed by atoms with Crippen LogP contribution in [-0.2, 0) is 6.54 Å². The Bertz CT molecular complexity index is 505. The Morgan fingerprint density at radius 1 is 1.33 bits per heavy atom. The van der Waals surface area contributed by atoms with Gasteiger partial charge in [-0.25, -0.2) is 4.68 Å². The molecule has 0 atom stereocenters. The average Bonchev–Trinajstić information content (AvgIpc) is 2.77. The van der Waals surface area contributed by atoms with Gasteiger partial charge in [0.2, 0.25) is 0 Å². The van der Waals surface area contributed by atoms with Crippen LogP contribution in [0, 0.1) is 0 Å². The lowest BCUT2D eigenvalue weighted by atomic mass is 10.2. The SMILES string of the molecule is CN(C)CCCn1nnnc1-c1cccc(N)c1. The molecule has 2 N–H and O–H groups in total. The van der Waals surface area contributed by atoms with Gasteiger partial charge in [0.15, 0.2) is 5.82 Å². The van der Waals surface area contributed by atoms with E-state index in [4.69, 9.17) is 5.73 Å². The molecule has 1 heterocycles. The maximum Gasteiger partial charge on any atom is 0.182 e. The summed E-state index contributed by atoms with van der Waals surface area (Å²) in [5, 5.41) is 11.8. The number of nitrogens with zero attached hydrogens (tertiary/aromatic N) is 5. The Kier molecular flexibility index (Phi) is 3.88. The lowest BCUT2D eigenvalue weighted by Crippen LogP contribution is -2.15. The third kappa shape index (κ3) is 3.04. The maximum atomic E-state index is 5.77. The van der Waals surface area contributed by atoms with Gasteiger partial charge in [0.25, 0.3) is 0 Å². The molecule has 0 radical (unpaired) electrons. The van der Waals surface area contributed by atoms with E-state index in [1.165, 1.54) is 0 Å². The van der Waals surface area contributed by atoms with E-state index < -0.39 is 0 Å². The van der Waals surface area contributed by atoms with E-state index in [1.807, 2.05) is 28.9 Å². The van der Waals surface area contributed by atoms with Crippen molar-refractivity contribution in [2.75, 3.05) is 26.4 Å². The number of anilines is 1. The zero-order valence-corrected chi connectivity index (χ0v) is 10.7. The Balaban J connectivity index is 2.12. The fraction of sp³-hybridized carbons (Fsp3) is 0.417. The van der Waals surface area contributed by atoms with E-state index in [-0.39, 0.29) is 0 Å². The molecule has 0 aliphatic heterocycles. The van der Waals surface area contributed by atoms with Crippen molar-refractivity contribution < 1.29 is 0 Å². The van der Waals surface area contributed by atoms with Crippen LogP contribution in [0.2, 0.25) is 0 Å². The predicted molar refractivity (Wildman–Crippen MR) is 70.8 cm³/mol. The molecule has 96 valence electrons. The van der Waals surface area contributed by atoms with Crippen molar-refractivity contribution in [1.29, 1.82) is 0 Å². The Morgan fingerprint density at radius 3 is 2.89 bits per heavy atom. The zero-order valence-electron chi connectivity index (χ0n) is 10.7. The van der Waals surface area contributed by atoms with Crippen molar-refractivity contribution in [2.24, 2.45) is 0 Å². The summed E-state index contributed by atoms with van der Waals surface area (Å²) in [7, 11) is 4.11. The van der Waals surface area contributed by atoms with Gasteiger partial charge in [-0.15, -0.1) is 5.10 Å². The summed E-state index contributed by atoms with van der Waals surface area (Å²) in [5.74, 6) is 0.765. The quantitative estimate of drug-likeness (QED) is 0.793. The number of hydrogen-bond donors (Lipinski definition) is 1. The predicted octanol–water partition coefficient (Wildman–Crippen LogP) is 0.874. The molecular formula is C12H18N6. The standard InChI is InChI=1S/C12H18N6/c1-17(2)7-4-8-18-12(14-15-16-18)10-5-3-6-11(13)9-10/h3,5-6,9H,4,7-8,13H2,1-2H3. The molecule has 0 amide bonds. The molecule has 6 heteroatoms. The molecule has 2 aromatic rings. The number of hydrogen-bond acceptors (Lipinski definition) is 5. The smallest absolute Gasteiger partial charge is 0.182 e.